The molecule has 0 aliphatic carbocycles. The molecular weight excluding hydrogens is 272 g/mol. The highest BCUT2D eigenvalue weighted by atomic mass is 35.5. The molecule has 0 saturated carbocycles. The van der Waals surface area contributed by atoms with Gasteiger partial charge in [0.15, 0.2) is 5.69 Å². The van der Waals surface area contributed by atoms with E-state index in [1.165, 1.54) is 19.2 Å². The molecule has 1 rings (SSSR count). The van der Waals surface area contributed by atoms with Gasteiger partial charge in [0.05, 0.1) is 7.11 Å². The van der Waals surface area contributed by atoms with E-state index >= 15 is 0 Å². The molecule has 1 aromatic heterocycles. The number of pyridine rings is 1. The van der Waals surface area contributed by atoms with E-state index in [4.69, 9.17) is 16.3 Å². The number of methoxy groups -OCH3 is 1. The van der Waals surface area contributed by atoms with Crippen LogP contribution in [0.2, 0.25) is 5.02 Å². The summed E-state index contributed by atoms with van der Waals surface area (Å²) in [5.74, 6) is -0.531. The number of anilines is 1. The van der Waals surface area contributed by atoms with Gasteiger partial charge in [0.1, 0.15) is 11.4 Å². The molecular formula is C12H15ClN2O4. The molecule has 0 aliphatic heterocycles. The number of carbonyl (C=O) groups excluding carboxylic acids is 2. The number of esters is 1. The fourth-order valence-corrected chi connectivity index (χ4v) is 1.39. The zero-order valence-electron chi connectivity index (χ0n) is 11.1. The van der Waals surface area contributed by atoms with Gasteiger partial charge in [-0.15, -0.1) is 0 Å². The van der Waals surface area contributed by atoms with Crippen molar-refractivity contribution in [1.82, 2.24) is 4.98 Å². The van der Waals surface area contributed by atoms with E-state index in [0.29, 0.717) is 0 Å². The topological polar surface area (TPSA) is 77.5 Å². The van der Waals surface area contributed by atoms with Gasteiger partial charge in [-0.2, -0.15) is 0 Å². The van der Waals surface area contributed by atoms with Crippen LogP contribution in [0, 0.1) is 0 Å². The molecule has 0 unspecified atom stereocenters. The third-order valence-electron chi connectivity index (χ3n) is 1.81. The monoisotopic (exact) mass is 286 g/mol. The molecule has 6 nitrogen and oxygen atoms in total. The minimum absolute atomic E-state index is 0.000980. The standard InChI is InChI=1S/C12H15ClN2O4/c1-12(2,3)19-11(17)15-9-6-7(13)5-8(14-9)10(16)18-4/h5-6H,1-4H3,(H,14,15,17). The second-order valence-electron chi connectivity index (χ2n) is 4.67. The SMILES string of the molecule is COC(=O)c1cc(Cl)cc(NC(=O)OC(C)(C)C)n1. The van der Waals surface area contributed by atoms with Gasteiger partial charge in [0.2, 0.25) is 0 Å². The number of aromatic nitrogens is 1. The smallest absolute Gasteiger partial charge is 0.413 e. The molecule has 0 aromatic carbocycles. The normalized spacial score (nSPS) is 10.8. The molecule has 1 N–H and O–H groups in total. The molecule has 19 heavy (non-hydrogen) atoms. The van der Waals surface area contributed by atoms with Crippen LogP contribution >= 0.6 is 11.6 Å². The first kappa shape index (κ1) is 15.2. The Balaban J connectivity index is 2.87. The molecule has 1 aromatic rings. The Hall–Kier alpha value is -1.82. The summed E-state index contributed by atoms with van der Waals surface area (Å²) < 4.78 is 9.59. The lowest BCUT2D eigenvalue weighted by Gasteiger charge is -2.19. The average molecular weight is 287 g/mol. The van der Waals surface area contributed by atoms with Crippen LogP contribution in [0.5, 0.6) is 0 Å². The quantitative estimate of drug-likeness (QED) is 0.846. The summed E-state index contributed by atoms with van der Waals surface area (Å²) in [5.41, 5.74) is -0.630. The van der Waals surface area contributed by atoms with Gasteiger partial charge in [-0.1, -0.05) is 11.6 Å². The van der Waals surface area contributed by atoms with Gasteiger partial charge in [0.25, 0.3) is 0 Å². The summed E-state index contributed by atoms with van der Waals surface area (Å²) in [5, 5.41) is 2.65. The lowest BCUT2D eigenvalue weighted by Crippen LogP contribution is -2.27. The maximum Gasteiger partial charge on any atom is 0.413 e. The van der Waals surface area contributed by atoms with E-state index in [1.807, 2.05) is 0 Å². The maximum atomic E-state index is 11.6. The van der Waals surface area contributed by atoms with Crippen LogP contribution in [0.4, 0.5) is 10.6 Å². The molecule has 0 bridgehead atoms. The first-order chi connectivity index (χ1) is 8.71. The third-order valence-corrected chi connectivity index (χ3v) is 2.03. The summed E-state index contributed by atoms with van der Waals surface area (Å²) >= 11 is 5.83. The molecule has 0 saturated heterocycles. The van der Waals surface area contributed by atoms with Crippen LogP contribution in [-0.2, 0) is 9.47 Å². The average Bonchev–Trinajstić information content (AvgIpc) is 2.24. The van der Waals surface area contributed by atoms with Gasteiger partial charge in [-0.05, 0) is 32.9 Å². The van der Waals surface area contributed by atoms with E-state index in [2.05, 4.69) is 15.0 Å². The molecule has 1 amide bonds. The molecule has 0 atom stereocenters. The van der Waals surface area contributed by atoms with Crippen molar-refractivity contribution in [2.45, 2.75) is 26.4 Å². The second kappa shape index (κ2) is 5.88. The van der Waals surface area contributed by atoms with E-state index in [-0.39, 0.29) is 16.5 Å². The van der Waals surface area contributed by atoms with E-state index < -0.39 is 17.7 Å². The highest BCUT2D eigenvalue weighted by molar-refractivity contribution is 6.31. The Morgan fingerprint density at radius 3 is 2.47 bits per heavy atom. The number of nitrogens with zero attached hydrogens (tertiary/aromatic N) is 1. The van der Waals surface area contributed by atoms with Gasteiger partial charge in [0, 0.05) is 5.02 Å². The lowest BCUT2D eigenvalue weighted by atomic mass is 10.2. The van der Waals surface area contributed by atoms with Crippen LogP contribution in [-0.4, -0.2) is 29.8 Å². The highest BCUT2D eigenvalue weighted by Gasteiger charge is 2.17. The van der Waals surface area contributed by atoms with Crippen molar-refractivity contribution < 1.29 is 19.1 Å². The predicted molar refractivity (Wildman–Crippen MR) is 70.4 cm³/mol. The first-order valence-corrected chi connectivity index (χ1v) is 5.85. The fraction of sp³-hybridized carbons (Fsp3) is 0.417. The number of hydrogen-bond acceptors (Lipinski definition) is 5. The van der Waals surface area contributed by atoms with Crippen molar-refractivity contribution in [3.05, 3.63) is 22.8 Å². The van der Waals surface area contributed by atoms with Crippen molar-refractivity contribution in [2.75, 3.05) is 12.4 Å². The van der Waals surface area contributed by atoms with Crippen molar-refractivity contribution in [3.8, 4) is 0 Å². The van der Waals surface area contributed by atoms with Crippen LogP contribution in [0.1, 0.15) is 31.3 Å². The molecule has 0 aliphatic rings. The van der Waals surface area contributed by atoms with Gasteiger partial charge >= 0.3 is 12.1 Å². The summed E-state index contributed by atoms with van der Waals surface area (Å²) in [7, 11) is 1.23. The highest BCUT2D eigenvalue weighted by Crippen LogP contribution is 2.17. The number of ether oxygens (including phenoxy) is 2. The minimum Gasteiger partial charge on any atom is -0.464 e. The predicted octanol–water partition coefficient (Wildman–Crippen LogP) is 2.87. The zero-order valence-corrected chi connectivity index (χ0v) is 11.9. The first-order valence-electron chi connectivity index (χ1n) is 5.47. The van der Waals surface area contributed by atoms with Crippen molar-refractivity contribution in [2.24, 2.45) is 0 Å². The Bertz CT molecular complexity index is 497. The fourth-order valence-electron chi connectivity index (χ4n) is 1.18. The second-order valence-corrected chi connectivity index (χ2v) is 5.11. The minimum atomic E-state index is -0.682. The van der Waals surface area contributed by atoms with Gasteiger partial charge in [-0.25, -0.2) is 14.6 Å². The summed E-state index contributed by atoms with van der Waals surface area (Å²) in [6.45, 7) is 5.20. The van der Waals surface area contributed by atoms with E-state index in [9.17, 15) is 9.59 Å². The largest absolute Gasteiger partial charge is 0.464 e. The van der Waals surface area contributed by atoms with E-state index in [1.54, 1.807) is 20.8 Å². The number of hydrogen-bond donors (Lipinski definition) is 1. The molecule has 0 radical (unpaired) electrons. The van der Waals surface area contributed by atoms with Crippen molar-refractivity contribution in [1.29, 1.82) is 0 Å². The lowest BCUT2D eigenvalue weighted by molar-refractivity contribution is 0.0589. The maximum absolute atomic E-state index is 11.6. The number of amides is 1. The molecule has 0 spiro atoms. The van der Waals surface area contributed by atoms with Crippen LogP contribution in [0.3, 0.4) is 0 Å². The summed E-state index contributed by atoms with van der Waals surface area (Å²) in [6.07, 6.45) is -0.682. The van der Waals surface area contributed by atoms with Crippen molar-refractivity contribution >= 4 is 29.5 Å². The van der Waals surface area contributed by atoms with Crippen LogP contribution in [0.15, 0.2) is 12.1 Å². The van der Waals surface area contributed by atoms with Gasteiger partial charge in [-0.3, -0.25) is 5.32 Å². The van der Waals surface area contributed by atoms with Crippen LogP contribution < -0.4 is 5.32 Å². The van der Waals surface area contributed by atoms with Crippen LogP contribution in [0.25, 0.3) is 0 Å². The third kappa shape index (κ3) is 5.13. The number of halogens is 1. The van der Waals surface area contributed by atoms with Crippen molar-refractivity contribution in [3.63, 3.8) is 0 Å². The Kier molecular flexibility index (Phi) is 4.72. The van der Waals surface area contributed by atoms with Gasteiger partial charge < -0.3 is 9.47 Å². The number of rotatable bonds is 2. The summed E-state index contributed by atoms with van der Waals surface area (Å²) in [4.78, 5) is 26.8. The Morgan fingerprint density at radius 2 is 1.95 bits per heavy atom. The molecule has 104 valence electrons. The molecule has 1 heterocycles. The summed E-state index contributed by atoms with van der Waals surface area (Å²) in [6, 6.07) is 2.74. The molecule has 7 heteroatoms. The zero-order chi connectivity index (χ0) is 14.6. The molecule has 0 fully saturated rings. The Labute approximate surface area is 116 Å². The van der Waals surface area contributed by atoms with E-state index in [0.717, 1.165) is 0 Å². The number of carbonyl (C=O) groups is 2. The number of nitrogens with one attached hydrogen (secondary N) is 1. The Morgan fingerprint density at radius 1 is 1.32 bits per heavy atom.